The highest BCUT2D eigenvalue weighted by Gasteiger charge is 2.53. The molecule has 0 N–H and O–H groups in total. The molecule has 0 aliphatic heterocycles. The van der Waals surface area contributed by atoms with Gasteiger partial charge in [0, 0.05) is 16.4 Å². The molecule has 5 heteroatoms. The standard InChI is InChI=1S/C15H17NO4/c1-19-12-5-3-4-11(15(12)20-2)13-9-6-7-10(8-9)14(13)16(17)18/h3-7,9-10,13-14H,8H2,1-2H3/t9?,10?,13-,14+/m1/s1. The molecule has 1 aromatic rings. The Morgan fingerprint density at radius 3 is 2.60 bits per heavy atom. The normalized spacial score (nSPS) is 30.5. The Hall–Kier alpha value is -2.04. The lowest BCUT2D eigenvalue weighted by atomic mass is 9.83. The average molecular weight is 275 g/mol. The monoisotopic (exact) mass is 275 g/mol. The van der Waals surface area contributed by atoms with Crippen LogP contribution in [0.5, 0.6) is 11.5 Å². The van der Waals surface area contributed by atoms with Gasteiger partial charge in [-0.3, -0.25) is 10.1 Å². The summed E-state index contributed by atoms with van der Waals surface area (Å²) < 4.78 is 10.7. The summed E-state index contributed by atoms with van der Waals surface area (Å²) in [5.74, 6) is 1.36. The van der Waals surface area contributed by atoms with E-state index < -0.39 is 6.04 Å². The van der Waals surface area contributed by atoms with Crippen LogP contribution in [0, 0.1) is 22.0 Å². The highest BCUT2D eigenvalue weighted by atomic mass is 16.6. The minimum absolute atomic E-state index is 0.0379. The molecule has 20 heavy (non-hydrogen) atoms. The Kier molecular flexibility index (Phi) is 3.12. The number of ether oxygens (including phenoxy) is 2. The lowest BCUT2D eigenvalue weighted by molar-refractivity contribution is -0.530. The van der Waals surface area contributed by atoms with Crippen LogP contribution in [0.15, 0.2) is 30.4 Å². The van der Waals surface area contributed by atoms with Crippen molar-refractivity contribution in [2.45, 2.75) is 18.4 Å². The second-order valence-corrected chi connectivity index (χ2v) is 5.33. The topological polar surface area (TPSA) is 61.6 Å². The molecule has 5 nitrogen and oxygen atoms in total. The van der Waals surface area contributed by atoms with E-state index in [0.717, 1.165) is 12.0 Å². The third kappa shape index (κ3) is 1.77. The zero-order chi connectivity index (χ0) is 14.3. The van der Waals surface area contributed by atoms with E-state index in [4.69, 9.17) is 9.47 Å². The van der Waals surface area contributed by atoms with E-state index >= 15 is 0 Å². The van der Waals surface area contributed by atoms with Crippen LogP contribution in [0.25, 0.3) is 0 Å². The Bertz CT molecular complexity index is 569. The van der Waals surface area contributed by atoms with Crippen molar-refractivity contribution in [1.29, 1.82) is 0 Å². The van der Waals surface area contributed by atoms with Crippen molar-refractivity contribution in [3.63, 3.8) is 0 Å². The number of para-hydroxylation sites is 1. The minimum Gasteiger partial charge on any atom is -0.493 e. The molecule has 3 rings (SSSR count). The third-order valence-corrected chi connectivity index (χ3v) is 4.45. The lowest BCUT2D eigenvalue weighted by Gasteiger charge is -2.24. The third-order valence-electron chi connectivity index (χ3n) is 4.45. The van der Waals surface area contributed by atoms with E-state index in [1.807, 2.05) is 24.3 Å². The zero-order valence-corrected chi connectivity index (χ0v) is 11.5. The van der Waals surface area contributed by atoms with Gasteiger partial charge in [-0.1, -0.05) is 24.3 Å². The van der Waals surface area contributed by atoms with Gasteiger partial charge >= 0.3 is 0 Å². The van der Waals surface area contributed by atoms with Crippen LogP contribution in [0.3, 0.4) is 0 Å². The number of fused-ring (bicyclic) bond motifs is 2. The summed E-state index contributed by atoms with van der Waals surface area (Å²) in [6.45, 7) is 0. The number of allylic oxidation sites excluding steroid dienone is 1. The molecule has 0 aromatic heterocycles. The molecule has 0 spiro atoms. The van der Waals surface area contributed by atoms with Crippen LogP contribution in [-0.4, -0.2) is 25.2 Å². The molecule has 0 saturated heterocycles. The molecule has 2 unspecified atom stereocenters. The molecular formula is C15H17NO4. The van der Waals surface area contributed by atoms with Gasteiger partial charge in [0.1, 0.15) is 0 Å². The summed E-state index contributed by atoms with van der Waals surface area (Å²) >= 11 is 0. The van der Waals surface area contributed by atoms with Crippen molar-refractivity contribution in [3.05, 3.63) is 46.0 Å². The fraction of sp³-hybridized carbons (Fsp3) is 0.467. The first-order valence-electron chi connectivity index (χ1n) is 6.70. The molecule has 2 bridgehead atoms. The molecule has 2 aliphatic carbocycles. The molecule has 4 atom stereocenters. The Balaban J connectivity index is 2.08. The lowest BCUT2D eigenvalue weighted by Crippen LogP contribution is -2.31. The molecular weight excluding hydrogens is 258 g/mol. The van der Waals surface area contributed by atoms with Gasteiger partial charge < -0.3 is 9.47 Å². The fourth-order valence-corrected chi connectivity index (χ4v) is 3.67. The quantitative estimate of drug-likeness (QED) is 0.481. The highest BCUT2D eigenvalue weighted by molar-refractivity contribution is 5.50. The second-order valence-electron chi connectivity index (χ2n) is 5.33. The number of nitro groups is 1. The molecule has 106 valence electrons. The number of benzene rings is 1. The van der Waals surface area contributed by atoms with Gasteiger partial charge in [-0.05, 0) is 18.4 Å². The number of rotatable bonds is 4. The average Bonchev–Trinajstić information content (AvgIpc) is 3.06. The van der Waals surface area contributed by atoms with E-state index in [0.29, 0.717) is 11.5 Å². The van der Waals surface area contributed by atoms with E-state index in [2.05, 4.69) is 6.08 Å². The van der Waals surface area contributed by atoms with E-state index in [1.165, 1.54) is 0 Å². The van der Waals surface area contributed by atoms with Crippen LogP contribution in [0.2, 0.25) is 0 Å². The number of hydrogen-bond donors (Lipinski definition) is 0. The van der Waals surface area contributed by atoms with Crippen molar-refractivity contribution < 1.29 is 14.4 Å². The van der Waals surface area contributed by atoms with Crippen molar-refractivity contribution >= 4 is 0 Å². The first-order valence-corrected chi connectivity index (χ1v) is 6.70. The summed E-state index contributed by atoms with van der Waals surface area (Å²) in [7, 11) is 3.15. The smallest absolute Gasteiger partial charge is 0.226 e. The summed E-state index contributed by atoms with van der Waals surface area (Å²) in [5, 5.41) is 11.4. The van der Waals surface area contributed by atoms with E-state index in [1.54, 1.807) is 14.2 Å². The van der Waals surface area contributed by atoms with Crippen LogP contribution in [0.4, 0.5) is 0 Å². The predicted molar refractivity (Wildman–Crippen MR) is 73.8 cm³/mol. The molecule has 1 saturated carbocycles. The van der Waals surface area contributed by atoms with E-state index in [9.17, 15) is 10.1 Å². The first kappa shape index (κ1) is 13.0. The minimum atomic E-state index is -0.564. The maximum Gasteiger partial charge on any atom is 0.226 e. The largest absolute Gasteiger partial charge is 0.493 e. The van der Waals surface area contributed by atoms with Crippen LogP contribution >= 0.6 is 0 Å². The SMILES string of the molecule is COc1cccc([C@H]2C3C=CC(C3)[C@@H]2[N+](=O)[O-])c1OC. The summed E-state index contributed by atoms with van der Waals surface area (Å²) in [5.41, 5.74) is 0.880. The van der Waals surface area contributed by atoms with Gasteiger partial charge in [0.2, 0.25) is 6.04 Å². The Morgan fingerprint density at radius 2 is 1.95 bits per heavy atom. The fourth-order valence-electron chi connectivity index (χ4n) is 3.67. The Labute approximate surface area is 117 Å². The zero-order valence-electron chi connectivity index (χ0n) is 11.5. The summed E-state index contributed by atoms with van der Waals surface area (Å²) in [4.78, 5) is 11.3. The molecule has 0 radical (unpaired) electrons. The number of methoxy groups -OCH3 is 2. The predicted octanol–water partition coefficient (Wildman–Crippen LogP) is 2.64. The summed E-state index contributed by atoms with van der Waals surface area (Å²) in [6, 6.07) is 5.03. The van der Waals surface area contributed by atoms with Crippen molar-refractivity contribution in [1.82, 2.24) is 0 Å². The summed E-state index contributed by atoms with van der Waals surface area (Å²) in [6.07, 6.45) is 4.95. The van der Waals surface area contributed by atoms with Gasteiger partial charge in [-0.2, -0.15) is 0 Å². The van der Waals surface area contributed by atoms with Gasteiger partial charge in [0.15, 0.2) is 11.5 Å². The van der Waals surface area contributed by atoms with Gasteiger partial charge in [-0.25, -0.2) is 0 Å². The molecule has 1 fully saturated rings. The number of nitrogens with zero attached hydrogens (tertiary/aromatic N) is 1. The van der Waals surface area contributed by atoms with Crippen molar-refractivity contribution in [2.24, 2.45) is 11.8 Å². The molecule has 2 aliphatic rings. The second kappa shape index (κ2) is 4.81. The van der Waals surface area contributed by atoms with E-state index in [-0.39, 0.29) is 22.7 Å². The van der Waals surface area contributed by atoms with Crippen molar-refractivity contribution in [2.75, 3.05) is 14.2 Å². The van der Waals surface area contributed by atoms with Crippen LogP contribution < -0.4 is 9.47 Å². The maximum atomic E-state index is 11.4. The van der Waals surface area contributed by atoms with Gasteiger partial charge in [0.05, 0.1) is 20.1 Å². The molecule has 0 heterocycles. The number of hydrogen-bond acceptors (Lipinski definition) is 4. The van der Waals surface area contributed by atoms with Crippen LogP contribution in [-0.2, 0) is 0 Å². The Morgan fingerprint density at radius 1 is 1.20 bits per heavy atom. The van der Waals surface area contributed by atoms with Crippen molar-refractivity contribution in [3.8, 4) is 11.5 Å². The maximum absolute atomic E-state index is 11.4. The van der Waals surface area contributed by atoms with Crippen LogP contribution in [0.1, 0.15) is 17.9 Å². The molecule has 0 amide bonds. The highest BCUT2D eigenvalue weighted by Crippen LogP contribution is 2.53. The van der Waals surface area contributed by atoms with Gasteiger partial charge in [-0.15, -0.1) is 0 Å². The molecule has 1 aromatic carbocycles. The first-order chi connectivity index (χ1) is 9.67. The van der Waals surface area contributed by atoms with Gasteiger partial charge in [0.25, 0.3) is 0 Å².